The molecule has 8 heteroatoms. The molecule has 0 aliphatic carbocycles. The molecule has 0 spiro atoms. The van der Waals surface area contributed by atoms with Crippen LogP contribution in [0, 0.1) is 30.9 Å². The summed E-state index contributed by atoms with van der Waals surface area (Å²) in [7, 11) is 0. The van der Waals surface area contributed by atoms with E-state index < -0.39 is 10.5 Å². The van der Waals surface area contributed by atoms with Gasteiger partial charge in [0.15, 0.2) is 0 Å². The molecule has 8 nitrogen and oxygen atoms in total. The van der Waals surface area contributed by atoms with Gasteiger partial charge in [-0.25, -0.2) is 4.98 Å². The molecule has 1 heterocycles. The van der Waals surface area contributed by atoms with Crippen molar-refractivity contribution in [1.82, 2.24) is 9.55 Å². The zero-order valence-electron chi connectivity index (χ0n) is 15.1. The molecule has 1 N–H and O–H groups in total. The van der Waals surface area contributed by atoms with Gasteiger partial charge in [-0.05, 0) is 38.0 Å². The van der Waals surface area contributed by atoms with Crippen molar-refractivity contribution in [1.29, 1.82) is 0 Å². The van der Waals surface area contributed by atoms with Gasteiger partial charge < -0.3 is 5.32 Å². The number of hydrogen-bond donors (Lipinski definition) is 1. The Labute approximate surface area is 154 Å². The van der Waals surface area contributed by atoms with Gasteiger partial charge in [0, 0.05) is 17.8 Å². The fraction of sp³-hybridized carbons (Fsp3) is 0.211. The summed E-state index contributed by atoms with van der Waals surface area (Å²) in [6.45, 7) is 5.60. The van der Waals surface area contributed by atoms with Crippen LogP contribution in [0.2, 0.25) is 0 Å². The number of benzene rings is 2. The minimum Gasteiger partial charge on any atom is -0.324 e. The molecule has 138 valence electrons. The zero-order valence-corrected chi connectivity index (χ0v) is 15.1. The lowest BCUT2D eigenvalue weighted by atomic mass is 10.1. The monoisotopic (exact) mass is 366 g/mol. The molecule has 3 aromatic rings. The van der Waals surface area contributed by atoms with Gasteiger partial charge in [0.1, 0.15) is 6.54 Å². The van der Waals surface area contributed by atoms with E-state index in [1.165, 1.54) is 29.1 Å². The standard InChI is InChI=1S/C19H18N4O4/c1-11-6-12(2)18(13(3)7-11)21-17(24)9-22-10-20-16-8-14(23(26)27)4-5-15(16)19(22)25/h4-8,10H,9H2,1-3H3,(H,21,24). The van der Waals surface area contributed by atoms with Crippen LogP contribution in [0.25, 0.3) is 10.9 Å². The fourth-order valence-electron chi connectivity index (χ4n) is 3.08. The van der Waals surface area contributed by atoms with E-state index in [2.05, 4.69) is 10.3 Å². The van der Waals surface area contributed by atoms with Crippen molar-refractivity contribution in [3.63, 3.8) is 0 Å². The number of carbonyl (C=O) groups is 1. The van der Waals surface area contributed by atoms with Crippen LogP contribution in [0.15, 0.2) is 41.5 Å². The fourth-order valence-corrected chi connectivity index (χ4v) is 3.08. The first kappa shape index (κ1) is 18.2. The van der Waals surface area contributed by atoms with Crippen LogP contribution in [-0.2, 0) is 11.3 Å². The highest BCUT2D eigenvalue weighted by molar-refractivity contribution is 5.92. The minimum atomic E-state index is -0.549. The van der Waals surface area contributed by atoms with Crippen LogP contribution in [-0.4, -0.2) is 20.4 Å². The predicted octanol–water partition coefficient (Wildman–Crippen LogP) is 2.87. The number of rotatable bonds is 4. The first-order chi connectivity index (χ1) is 12.8. The molecule has 0 radical (unpaired) electrons. The maximum Gasteiger partial charge on any atom is 0.271 e. The van der Waals surface area contributed by atoms with E-state index in [9.17, 15) is 19.7 Å². The summed E-state index contributed by atoms with van der Waals surface area (Å²) in [6, 6.07) is 7.78. The summed E-state index contributed by atoms with van der Waals surface area (Å²) < 4.78 is 1.18. The van der Waals surface area contributed by atoms with Gasteiger partial charge in [0.05, 0.1) is 22.2 Å². The Bertz CT molecular complexity index is 1110. The highest BCUT2D eigenvalue weighted by Gasteiger charge is 2.13. The van der Waals surface area contributed by atoms with Gasteiger partial charge >= 0.3 is 0 Å². The second-order valence-corrected chi connectivity index (χ2v) is 6.46. The SMILES string of the molecule is Cc1cc(C)c(NC(=O)Cn2cnc3cc([N+](=O)[O-])ccc3c2=O)c(C)c1. The molecule has 0 unspecified atom stereocenters. The summed E-state index contributed by atoms with van der Waals surface area (Å²) in [5.41, 5.74) is 3.36. The van der Waals surface area contributed by atoms with Crippen LogP contribution in [0.1, 0.15) is 16.7 Å². The molecule has 1 aromatic heterocycles. The van der Waals surface area contributed by atoms with Crippen LogP contribution in [0.4, 0.5) is 11.4 Å². The number of aryl methyl sites for hydroxylation is 3. The third-order valence-corrected chi connectivity index (χ3v) is 4.28. The highest BCUT2D eigenvalue weighted by atomic mass is 16.6. The molecular weight excluding hydrogens is 348 g/mol. The summed E-state index contributed by atoms with van der Waals surface area (Å²) >= 11 is 0. The van der Waals surface area contributed by atoms with Crippen molar-refractivity contribution in [3.05, 3.63) is 73.8 Å². The number of nitro benzene ring substituents is 1. The first-order valence-corrected chi connectivity index (χ1v) is 8.27. The molecule has 0 bridgehead atoms. The summed E-state index contributed by atoms with van der Waals surface area (Å²) in [4.78, 5) is 39.3. The van der Waals surface area contributed by atoms with E-state index >= 15 is 0 Å². The predicted molar refractivity (Wildman–Crippen MR) is 102 cm³/mol. The quantitative estimate of drug-likeness (QED) is 0.564. The normalized spacial score (nSPS) is 10.8. The number of carbonyl (C=O) groups excluding carboxylic acids is 1. The molecule has 27 heavy (non-hydrogen) atoms. The summed E-state index contributed by atoms with van der Waals surface area (Å²) in [5, 5.41) is 13.9. The van der Waals surface area contributed by atoms with E-state index in [0.717, 1.165) is 22.4 Å². The second kappa shape index (κ2) is 6.99. The number of hydrogen-bond acceptors (Lipinski definition) is 5. The Kier molecular flexibility index (Phi) is 4.72. The Morgan fingerprint density at radius 1 is 1.19 bits per heavy atom. The molecule has 3 rings (SSSR count). The van der Waals surface area contributed by atoms with Crippen molar-refractivity contribution in [2.45, 2.75) is 27.3 Å². The lowest BCUT2D eigenvalue weighted by Gasteiger charge is -2.13. The molecule has 0 saturated carbocycles. The molecule has 0 saturated heterocycles. The summed E-state index contributed by atoms with van der Waals surface area (Å²) in [5.74, 6) is -0.352. The van der Waals surface area contributed by atoms with Gasteiger partial charge in [-0.3, -0.25) is 24.3 Å². The van der Waals surface area contributed by atoms with E-state index in [0.29, 0.717) is 0 Å². The van der Waals surface area contributed by atoms with Gasteiger partial charge in [-0.15, -0.1) is 0 Å². The van der Waals surface area contributed by atoms with Crippen molar-refractivity contribution in [2.75, 3.05) is 5.32 Å². The molecular formula is C19H18N4O4. The Morgan fingerprint density at radius 3 is 2.48 bits per heavy atom. The minimum absolute atomic E-state index is 0.143. The van der Waals surface area contributed by atoms with Gasteiger partial charge in [0.2, 0.25) is 5.91 Å². The van der Waals surface area contributed by atoms with Crippen LogP contribution < -0.4 is 10.9 Å². The number of non-ortho nitro benzene ring substituents is 1. The van der Waals surface area contributed by atoms with Crippen LogP contribution >= 0.6 is 0 Å². The maximum atomic E-state index is 12.5. The first-order valence-electron chi connectivity index (χ1n) is 8.27. The molecule has 0 aliphatic rings. The number of nitrogens with one attached hydrogen (secondary N) is 1. The number of fused-ring (bicyclic) bond motifs is 1. The zero-order chi connectivity index (χ0) is 19.7. The van der Waals surface area contributed by atoms with Crippen molar-refractivity contribution < 1.29 is 9.72 Å². The van der Waals surface area contributed by atoms with Crippen molar-refractivity contribution in [2.24, 2.45) is 0 Å². The highest BCUT2D eigenvalue weighted by Crippen LogP contribution is 2.22. The van der Waals surface area contributed by atoms with E-state index in [4.69, 9.17) is 0 Å². The molecule has 0 aliphatic heterocycles. The maximum absolute atomic E-state index is 12.5. The number of anilines is 1. The van der Waals surface area contributed by atoms with Gasteiger partial charge in [0.25, 0.3) is 11.2 Å². The third-order valence-electron chi connectivity index (χ3n) is 4.28. The lowest BCUT2D eigenvalue weighted by Crippen LogP contribution is -2.28. The van der Waals surface area contributed by atoms with Gasteiger partial charge in [-0.2, -0.15) is 0 Å². The number of aromatic nitrogens is 2. The van der Waals surface area contributed by atoms with E-state index in [1.54, 1.807) is 0 Å². The molecule has 0 fully saturated rings. The molecule has 2 aromatic carbocycles. The van der Waals surface area contributed by atoms with Crippen LogP contribution in [0.5, 0.6) is 0 Å². The second-order valence-electron chi connectivity index (χ2n) is 6.46. The van der Waals surface area contributed by atoms with Crippen LogP contribution in [0.3, 0.4) is 0 Å². The number of nitrogens with zero attached hydrogens (tertiary/aromatic N) is 3. The van der Waals surface area contributed by atoms with Crippen molar-refractivity contribution in [3.8, 4) is 0 Å². The molecule has 0 atom stereocenters. The Hall–Kier alpha value is -3.55. The van der Waals surface area contributed by atoms with Crippen molar-refractivity contribution >= 4 is 28.2 Å². The average molecular weight is 366 g/mol. The smallest absolute Gasteiger partial charge is 0.271 e. The Balaban J connectivity index is 1.87. The number of amides is 1. The summed E-state index contributed by atoms with van der Waals surface area (Å²) in [6.07, 6.45) is 1.23. The average Bonchev–Trinajstić information content (AvgIpc) is 2.60. The van der Waals surface area contributed by atoms with Gasteiger partial charge in [-0.1, -0.05) is 17.7 Å². The third kappa shape index (κ3) is 3.69. The Morgan fingerprint density at radius 2 is 1.85 bits per heavy atom. The topological polar surface area (TPSA) is 107 Å². The van der Waals surface area contributed by atoms with E-state index in [1.807, 2.05) is 32.9 Å². The largest absolute Gasteiger partial charge is 0.324 e. The lowest BCUT2D eigenvalue weighted by molar-refractivity contribution is -0.384. The molecule has 1 amide bonds. The number of nitro groups is 1. The van der Waals surface area contributed by atoms with E-state index in [-0.39, 0.29) is 29.0 Å².